The van der Waals surface area contributed by atoms with E-state index in [0.29, 0.717) is 0 Å². The number of rotatable bonds is 2. The summed E-state index contributed by atoms with van der Waals surface area (Å²) in [4.78, 5) is 18.3. The number of carboxylic acid groups (broad SMARTS) is 1. The third-order valence-electron chi connectivity index (χ3n) is 3.20. The van der Waals surface area contributed by atoms with E-state index in [1.54, 1.807) is 6.20 Å². The first-order valence-corrected chi connectivity index (χ1v) is 5.66. The first-order chi connectivity index (χ1) is 8.25. The van der Waals surface area contributed by atoms with Crippen molar-refractivity contribution >= 4 is 17.0 Å². The number of aromatic nitrogens is 2. The average molecular weight is 231 g/mol. The van der Waals surface area contributed by atoms with Crippen molar-refractivity contribution < 1.29 is 9.90 Å². The second kappa shape index (κ2) is 3.85. The molecule has 5 nitrogen and oxygen atoms in total. The number of hydrogen-bond acceptors (Lipinski definition) is 3. The van der Waals surface area contributed by atoms with Crippen LogP contribution < -0.4 is 5.32 Å². The molecule has 88 valence electrons. The molecule has 2 aromatic heterocycles. The molecule has 0 aliphatic carbocycles. The standard InChI is InChI=1S/C12H13N3O2/c16-10(17)6-9-11-7(3-5-13-9)8-2-1-4-14-12(8)15-11/h1-2,4,9,13H,3,5-6H2,(H,14,15)(H,16,17). The Balaban J connectivity index is 2.10. The van der Waals surface area contributed by atoms with Gasteiger partial charge in [0.15, 0.2) is 0 Å². The molecule has 2 aromatic rings. The Labute approximate surface area is 97.9 Å². The number of carbonyl (C=O) groups is 1. The van der Waals surface area contributed by atoms with Crippen molar-refractivity contribution in [2.24, 2.45) is 0 Å². The number of carboxylic acids is 1. The van der Waals surface area contributed by atoms with Crippen LogP contribution in [0, 0.1) is 0 Å². The van der Waals surface area contributed by atoms with E-state index in [1.165, 1.54) is 5.56 Å². The largest absolute Gasteiger partial charge is 0.481 e. The fraction of sp³-hybridized carbons (Fsp3) is 0.333. The van der Waals surface area contributed by atoms with Crippen LogP contribution in [-0.4, -0.2) is 27.6 Å². The summed E-state index contributed by atoms with van der Waals surface area (Å²) in [7, 11) is 0. The fourth-order valence-electron chi connectivity index (χ4n) is 2.49. The van der Waals surface area contributed by atoms with Crippen molar-refractivity contribution in [3.63, 3.8) is 0 Å². The Bertz CT molecular complexity index is 576. The van der Waals surface area contributed by atoms with Gasteiger partial charge in [-0.3, -0.25) is 4.79 Å². The summed E-state index contributed by atoms with van der Waals surface area (Å²) in [6, 6.07) is 3.80. The van der Waals surface area contributed by atoms with Crippen LogP contribution >= 0.6 is 0 Å². The highest BCUT2D eigenvalue weighted by Gasteiger charge is 2.25. The molecule has 0 saturated carbocycles. The Kier molecular flexibility index (Phi) is 2.33. The highest BCUT2D eigenvalue weighted by atomic mass is 16.4. The van der Waals surface area contributed by atoms with E-state index in [4.69, 9.17) is 5.11 Å². The number of aromatic amines is 1. The van der Waals surface area contributed by atoms with Crippen LogP contribution in [-0.2, 0) is 11.2 Å². The smallest absolute Gasteiger partial charge is 0.305 e. The highest BCUT2D eigenvalue weighted by Crippen LogP contribution is 2.30. The van der Waals surface area contributed by atoms with Crippen LogP contribution in [0.1, 0.15) is 23.7 Å². The van der Waals surface area contributed by atoms with Crippen LogP contribution in [0.3, 0.4) is 0 Å². The fourth-order valence-corrected chi connectivity index (χ4v) is 2.49. The summed E-state index contributed by atoms with van der Waals surface area (Å²) in [5.74, 6) is -0.790. The predicted molar refractivity (Wildman–Crippen MR) is 62.8 cm³/mol. The van der Waals surface area contributed by atoms with E-state index in [1.807, 2.05) is 12.1 Å². The molecule has 0 radical (unpaired) electrons. The Morgan fingerprint density at radius 3 is 3.29 bits per heavy atom. The molecule has 0 saturated heterocycles. The lowest BCUT2D eigenvalue weighted by Gasteiger charge is -2.22. The SMILES string of the molecule is O=C(O)CC1NCCc2c1[nH]c1ncccc21. The molecule has 0 fully saturated rings. The number of aliphatic carboxylic acids is 1. The summed E-state index contributed by atoms with van der Waals surface area (Å²) in [6.45, 7) is 0.812. The van der Waals surface area contributed by atoms with Gasteiger partial charge in [0, 0.05) is 17.3 Å². The van der Waals surface area contributed by atoms with Gasteiger partial charge in [-0.15, -0.1) is 0 Å². The molecule has 5 heteroatoms. The first-order valence-electron chi connectivity index (χ1n) is 5.66. The van der Waals surface area contributed by atoms with Crippen molar-refractivity contribution in [3.8, 4) is 0 Å². The van der Waals surface area contributed by atoms with Gasteiger partial charge in [0.25, 0.3) is 0 Å². The molecule has 1 aliphatic rings. The monoisotopic (exact) mass is 231 g/mol. The summed E-state index contributed by atoms with van der Waals surface area (Å²) in [5, 5.41) is 13.2. The van der Waals surface area contributed by atoms with E-state index in [9.17, 15) is 4.79 Å². The van der Waals surface area contributed by atoms with Gasteiger partial charge in [0.1, 0.15) is 5.65 Å². The molecule has 1 atom stereocenters. The third-order valence-corrected chi connectivity index (χ3v) is 3.20. The van der Waals surface area contributed by atoms with Crippen LogP contribution in [0.5, 0.6) is 0 Å². The van der Waals surface area contributed by atoms with Gasteiger partial charge in [0.2, 0.25) is 0 Å². The highest BCUT2D eigenvalue weighted by molar-refractivity contribution is 5.82. The molecule has 0 aromatic carbocycles. The number of hydrogen-bond donors (Lipinski definition) is 3. The Hall–Kier alpha value is -1.88. The molecule has 17 heavy (non-hydrogen) atoms. The Morgan fingerprint density at radius 2 is 2.47 bits per heavy atom. The zero-order chi connectivity index (χ0) is 11.8. The summed E-state index contributed by atoms with van der Waals surface area (Å²) >= 11 is 0. The number of nitrogens with zero attached hydrogens (tertiary/aromatic N) is 1. The minimum Gasteiger partial charge on any atom is -0.481 e. The molecule has 0 spiro atoms. The van der Waals surface area contributed by atoms with Crippen LogP contribution in [0.15, 0.2) is 18.3 Å². The van der Waals surface area contributed by atoms with E-state index in [-0.39, 0.29) is 12.5 Å². The van der Waals surface area contributed by atoms with Gasteiger partial charge >= 0.3 is 5.97 Å². The quantitative estimate of drug-likeness (QED) is 0.726. The zero-order valence-corrected chi connectivity index (χ0v) is 9.23. The molecular weight excluding hydrogens is 218 g/mol. The molecule has 1 aliphatic heterocycles. The van der Waals surface area contributed by atoms with E-state index < -0.39 is 5.97 Å². The van der Waals surface area contributed by atoms with E-state index in [0.717, 1.165) is 29.7 Å². The van der Waals surface area contributed by atoms with Crippen LogP contribution in [0.2, 0.25) is 0 Å². The molecule has 3 N–H and O–H groups in total. The maximum absolute atomic E-state index is 10.8. The van der Waals surface area contributed by atoms with Crippen molar-refractivity contribution in [1.82, 2.24) is 15.3 Å². The molecule has 1 unspecified atom stereocenters. The molecule has 0 amide bonds. The number of H-pyrrole nitrogens is 1. The number of pyridine rings is 1. The zero-order valence-electron chi connectivity index (χ0n) is 9.23. The van der Waals surface area contributed by atoms with Crippen molar-refractivity contribution in [1.29, 1.82) is 0 Å². The van der Waals surface area contributed by atoms with Gasteiger partial charge in [-0.25, -0.2) is 4.98 Å². The van der Waals surface area contributed by atoms with E-state index in [2.05, 4.69) is 15.3 Å². The van der Waals surface area contributed by atoms with Crippen molar-refractivity contribution in [2.45, 2.75) is 18.9 Å². The second-order valence-corrected chi connectivity index (χ2v) is 4.27. The average Bonchev–Trinajstić information content (AvgIpc) is 2.68. The van der Waals surface area contributed by atoms with Gasteiger partial charge in [-0.1, -0.05) is 0 Å². The van der Waals surface area contributed by atoms with Crippen LogP contribution in [0.25, 0.3) is 11.0 Å². The van der Waals surface area contributed by atoms with Crippen molar-refractivity contribution in [3.05, 3.63) is 29.6 Å². The summed E-state index contributed by atoms with van der Waals surface area (Å²) < 4.78 is 0. The maximum atomic E-state index is 10.8. The lowest BCUT2D eigenvalue weighted by Crippen LogP contribution is -2.31. The third kappa shape index (κ3) is 1.68. The minimum absolute atomic E-state index is 0.0970. The summed E-state index contributed by atoms with van der Waals surface area (Å²) in [6.07, 6.45) is 2.75. The summed E-state index contributed by atoms with van der Waals surface area (Å²) in [5.41, 5.74) is 3.03. The lowest BCUT2D eigenvalue weighted by atomic mass is 9.98. The minimum atomic E-state index is -0.790. The molecule has 3 heterocycles. The number of fused-ring (bicyclic) bond motifs is 3. The number of nitrogens with one attached hydrogen (secondary N) is 2. The van der Waals surface area contributed by atoms with E-state index >= 15 is 0 Å². The maximum Gasteiger partial charge on any atom is 0.305 e. The lowest BCUT2D eigenvalue weighted by molar-refractivity contribution is -0.137. The van der Waals surface area contributed by atoms with Gasteiger partial charge < -0.3 is 15.4 Å². The predicted octanol–water partition coefficient (Wildman–Crippen LogP) is 1.22. The van der Waals surface area contributed by atoms with Gasteiger partial charge in [-0.2, -0.15) is 0 Å². The molecular formula is C12H13N3O2. The molecule has 0 bridgehead atoms. The van der Waals surface area contributed by atoms with Crippen LogP contribution in [0.4, 0.5) is 0 Å². The molecule has 3 rings (SSSR count). The second-order valence-electron chi connectivity index (χ2n) is 4.27. The Morgan fingerprint density at radius 1 is 1.59 bits per heavy atom. The van der Waals surface area contributed by atoms with Crippen molar-refractivity contribution in [2.75, 3.05) is 6.54 Å². The first kappa shape index (κ1) is 10.3. The topological polar surface area (TPSA) is 78.0 Å². The van der Waals surface area contributed by atoms with Gasteiger partial charge in [-0.05, 0) is 30.7 Å². The van der Waals surface area contributed by atoms with Gasteiger partial charge in [0.05, 0.1) is 12.5 Å². The normalized spacial score (nSPS) is 19.2.